The molecule has 0 unspecified atom stereocenters. The number of hydrogen-bond acceptors (Lipinski definition) is 8. The number of hydrogen-bond donors (Lipinski definition) is 4. The van der Waals surface area contributed by atoms with E-state index in [-0.39, 0.29) is 35.7 Å². The van der Waals surface area contributed by atoms with E-state index < -0.39 is 24.3 Å². The molecule has 14 nitrogen and oxygen atoms in total. The predicted molar refractivity (Wildman–Crippen MR) is 198 cm³/mol. The van der Waals surface area contributed by atoms with Gasteiger partial charge in [0.15, 0.2) is 0 Å². The fourth-order valence-electron chi connectivity index (χ4n) is 9.03. The number of amides is 4. The van der Waals surface area contributed by atoms with Crippen LogP contribution in [0.5, 0.6) is 0 Å². The van der Waals surface area contributed by atoms with Crippen LogP contribution in [0.15, 0.2) is 36.7 Å². The van der Waals surface area contributed by atoms with Crippen molar-refractivity contribution in [1.82, 2.24) is 40.4 Å². The number of aromatic nitrogens is 4. The number of carbonyl (C=O) groups is 4. The number of alkyl carbamates (subject to hydrolysis) is 2. The maximum atomic E-state index is 13.6. The van der Waals surface area contributed by atoms with Crippen LogP contribution in [-0.4, -0.2) is 93.1 Å². The highest BCUT2D eigenvalue weighted by Gasteiger charge is 2.45. The molecule has 3 aliphatic carbocycles. The zero-order chi connectivity index (χ0) is 37.3. The molecule has 4 N–H and O–H groups in total. The second-order valence-electron chi connectivity index (χ2n) is 15.9. The molecular formula is C40H52N8O6. The third kappa shape index (κ3) is 7.56. The van der Waals surface area contributed by atoms with Crippen LogP contribution in [0.25, 0.3) is 11.3 Å². The van der Waals surface area contributed by atoms with E-state index in [1.54, 1.807) is 0 Å². The van der Waals surface area contributed by atoms with Crippen molar-refractivity contribution in [3.8, 4) is 11.3 Å². The maximum Gasteiger partial charge on any atom is 0.407 e. The summed E-state index contributed by atoms with van der Waals surface area (Å²) in [5.74, 6) is 2.73. The van der Waals surface area contributed by atoms with Crippen LogP contribution in [-0.2, 0) is 19.1 Å². The zero-order valence-electron chi connectivity index (χ0n) is 31.2. The maximum absolute atomic E-state index is 13.6. The highest BCUT2D eigenvalue weighted by molar-refractivity contribution is 5.87. The van der Waals surface area contributed by atoms with Gasteiger partial charge < -0.3 is 39.9 Å². The number of carbonyl (C=O) groups excluding carboxylic acids is 4. The number of methoxy groups -OCH3 is 2. The van der Waals surface area contributed by atoms with Gasteiger partial charge in [-0.15, -0.1) is 0 Å². The molecule has 0 bridgehead atoms. The van der Waals surface area contributed by atoms with E-state index in [9.17, 15) is 19.2 Å². The van der Waals surface area contributed by atoms with Gasteiger partial charge in [0.1, 0.15) is 23.7 Å². The lowest BCUT2D eigenvalue weighted by molar-refractivity contribution is -0.135. The molecule has 3 aromatic rings. The first kappa shape index (κ1) is 36.1. The largest absolute Gasteiger partial charge is 0.453 e. The summed E-state index contributed by atoms with van der Waals surface area (Å²) in [5, 5.41) is 5.55. The number of aromatic amines is 2. The van der Waals surface area contributed by atoms with Gasteiger partial charge in [-0.05, 0) is 106 Å². The molecular weight excluding hydrogens is 688 g/mol. The quantitative estimate of drug-likeness (QED) is 0.190. The van der Waals surface area contributed by atoms with E-state index in [1.165, 1.54) is 19.8 Å². The molecule has 0 spiro atoms. The number of nitrogens with one attached hydrogen (secondary N) is 4. The molecule has 5 aliphatic rings. The van der Waals surface area contributed by atoms with Crippen LogP contribution >= 0.6 is 0 Å². The molecule has 5 fully saturated rings. The Labute approximate surface area is 315 Å². The van der Waals surface area contributed by atoms with Crippen LogP contribution in [0.2, 0.25) is 0 Å². The van der Waals surface area contributed by atoms with Gasteiger partial charge in [-0.1, -0.05) is 24.3 Å². The van der Waals surface area contributed by atoms with Gasteiger partial charge in [-0.2, -0.15) is 0 Å². The molecule has 2 aliphatic heterocycles. The highest BCUT2D eigenvalue weighted by Crippen LogP contribution is 2.42. The topological polar surface area (TPSA) is 175 Å². The summed E-state index contributed by atoms with van der Waals surface area (Å²) in [6.07, 6.45) is 14.2. The second-order valence-corrected chi connectivity index (χ2v) is 15.9. The molecule has 3 saturated carbocycles. The predicted octanol–water partition coefficient (Wildman–Crippen LogP) is 5.84. The molecule has 4 amide bonds. The van der Waals surface area contributed by atoms with Gasteiger partial charge in [0.25, 0.3) is 0 Å². The Kier molecular flexibility index (Phi) is 10.3. The van der Waals surface area contributed by atoms with Gasteiger partial charge in [0.05, 0.1) is 38.2 Å². The summed E-state index contributed by atoms with van der Waals surface area (Å²) in [5.41, 5.74) is 4.46. The first-order valence-electron chi connectivity index (χ1n) is 19.8. The molecule has 2 saturated heterocycles. The molecule has 2 aromatic heterocycles. The van der Waals surface area contributed by atoms with Crippen LogP contribution in [0.3, 0.4) is 0 Å². The Bertz CT molecular complexity index is 1820. The summed E-state index contributed by atoms with van der Waals surface area (Å²) in [4.78, 5) is 71.5. The number of nitrogens with zero attached hydrogens (tertiary/aromatic N) is 4. The Morgan fingerprint density at radius 1 is 0.667 bits per heavy atom. The average Bonchev–Trinajstić information content (AvgIpc) is 3.92. The number of rotatable bonds is 11. The van der Waals surface area contributed by atoms with Crippen LogP contribution in [0, 0.1) is 11.8 Å². The lowest BCUT2D eigenvalue weighted by atomic mass is 9.77. The van der Waals surface area contributed by atoms with Gasteiger partial charge in [0, 0.05) is 30.9 Å². The molecule has 288 valence electrons. The number of ether oxygens (including phenoxy) is 2. The van der Waals surface area contributed by atoms with Crippen molar-refractivity contribution in [3.63, 3.8) is 0 Å². The van der Waals surface area contributed by atoms with Crippen molar-refractivity contribution in [2.75, 3.05) is 27.3 Å². The fraction of sp³-hybridized carbons (Fsp3) is 0.600. The number of imidazole rings is 2. The summed E-state index contributed by atoms with van der Waals surface area (Å²) >= 11 is 0. The Balaban J connectivity index is 0.859. The standard InChI is InChI=1S/C40H52N8O6/c1-53-39(51)45-33(27-15-16-27)37(49)47-19-3-5-31(47)35-41-21-29(43-35)25-11-7-23(8-12-25)24-9-13-26(14-10-24)30-22-42-36(44-30)32-6-4-20-48(32)38(50)34(28-17-18-28)46-40(52)54-2/h7-8,11-12,21-22,24,26-28,31-34H,3-6,9-10,13-20H2,1-2H3,(H,41,43)(H,42,44)(H,45,51)(H,46,52)/t24?,26?,31-,32-,33-,34-/m0/s1. The molecule has 14 heteroatoms. The highest BCUT2D eigenvalue weighted by atomic mass is 16.5. The fourth-order valence-corrected chi connectivity index (χ4v) is 9.03. The van der Waals surface area contributed by atoms with E-state index in [0.717, 1.165) is 106 Å². The van der Waals surface area contributed by atoms with E-state index in [2.05, 4.69) is 44.9 Å². The summed E-state index contributed by atoms with van der Waals surface area (Å²) in [6.45, 7) is 1.30. The SMILES string of the molecule is COC(=O)N[C@H](C(=O)N1CCC[C@H]1c1ncc(-c2ccc(C3CCC(c4cnc([C@@H]5CCCN5C(=O)[C@@H](NC(=O)OC)C5CC5)[nH]4)CC3)cc2)[nH]1)C1CC1. The monoisotopic (exact) mass is 740 g/mol. The van der Waals surface area contributed by atoms with Crippen LogP contribution in [0.4, 0.5) is 9.59 Å². The lowest BCUT2D eigenvalue weighted by Crippen LogP contribution is -2.49. The molecule has 1 aromatic carbocycles. The minimum atomic E-state index is -0.572. The molecule has 54 heavy (non-hydrogen) atoms. The number of H-pyrrole nitrogens is 2. The smallest absolute Gasteiger partial charge is 0.407 e. The first-order chi connectivity index (χ1) is 26.3. The first-order valence-corrected chi connectivity index (χ1v) is 19.8. The van der Waals surface area contributed by atoms with Gasteiger partial charge in [-0.3, -0.25) is 9.59 Å². The molecule has 0 radical (unpaired) electrons. The van der Waals surface area contributed by atoms with Crippen molar-refractivity contribution in [1.29, 1.82) is 0 Å². The van der Waals surface area contributed by atoms with Crippen LogP contribution in [0.1, 0.15) is 124 Å². The van der Waals surface area contributed by atoms with Crippen LogP contribution < -0.4 is 10.6 Å². The van der Waals surface area contributed by atoms with Crippen molar-refractivity contribution in [2.45, 2.75) is 113 Å². The van der Waals surface area contributed by atoms with Crippen molar-refractivity contribution in [3.05, 3.63) is 59.6 Å². The van der Waals surface area contributed by atoms with E-state index in [1.807, 2.05) is 22.2 Å². The Hall–Kier alpha value is -4.88. The van der Waals surface area contributed by atoms with Crippen molar-refractivity contribution < 1.29 is 28.7 Å². The summed E-state index contributed by atoms with van der Waals surface area (Å²) in [6, 6.07) is 7.41. The Morgan fingerprint density at radius 2 is 1.17 bits per heavy atom. The third-order valence-electron chi connectivity index (χ3n) is 12.4. The third-order valence-corrected chi connectivity index (χ3v) is 12.4. The van der Waals surface area contributed by atoms with E-state index in [4.69, 9.17) is 19.4 Å². The zero-order valence-corrected chi connectivity index (χ0v) is 31.2. The average molecular weight is 741 g/mol. The van der Waals surface area contributed by atoms with Gasteiger partial charge in [-0.25, -0.2) is 19.6 Å². The number of likely N-dealkylation sites (tertiary alicyclic amines) is 2. The van der Waals surface area contributed by atoms with Crippen molar-refractivity contribution >= 4 is 24.0 Å². The van der Waals surface area contributed by atoms with E-state index in [0.29, 0.717) is 24.9 Å². The minimum Gasteiger partial charge on any atom is -0.453 e. The molecule has 8 rings (SSSR count). The Morgan fingerprint density at radius 3 is 1.69 bits per heavy atom. The lowest BCUT2D eigenvalue weighted by Gasteiger charge is -2.29. The minimum absolute atomic E-state index is 0.0385. The summed E-state index contributed by atoms with van der Waals surface area (Å²) < 4.78 is 9.59. The number of benzene rings is 1. The van der Waals surface area contributed by atoms with Crippen molar-refractivity contribution in [2.24, 2.45) is 11.8 Å². The molecule has 4 atom stereocenters. The van der Waals surface area contributed by atoms with E-state index >= 15 is 0 Å². The molecule has 4 heterocycles. The van der Waals surface area contributed by atoms with Gasteiger partial charge in [0.2, 0.25) is 11.8 Å². The summed E-state index contributed by atoms with van der Waals surface area (Å²) in [7, 11) is 2.64. The normalized spacial score (nSPS) is 25.2. The van der Waals surface area contributed by atoms with Gasteiger partial charge >= 0.3 is 12.2 Å². The second kappa shape index (κ2) is 15.5.